The van der Waals surface area contributed by atoms with E-state index >= 15 is 0 Å². The van der Waals surface area contributed by atoms with Crippen LogP contribution in [0.25, 0.3) is 0 Å². The van der Waals surface area contributed by atoms with Gasteiger partial charge in [0, 0.05) is 18.8 Å². The fourth-order valence-electron chi connectivity index (χ4n) is 1.95. The van der Waals surface area contributed by atoms with E-state index in [1.165, 1.54) is 6.20 Å². The number of rotatable bonds is 3. The van der Waals surface area contributed by atoms with Crippen LogP contribution < -0.4 is 4.90 Å². The van der Waals surface area contributed by atoms with Crippen LogP contribution in [0.2, 0.25) is 0 Å². The van der Waals surface area contributed by atoms with Crippen LogP contribution in [0.5, 0.6) is 5.75 Å². The van der Waals surface area contributed by atoms with Gasteiger partial charge in [-0.25, -0.2) is 4.98 Å². The number of anilines is 1. The second-order valence-electron chi connectivity index (χ2n) is 4.56. The lowest BCUT2D eigenvalue weighted by Crippen LogP contribution is -2.32. The Labute approximate surface area is 117 Å². The first-order chi connectivity index (χ1) is 9.52. The highest BCUT2D eigenvalue weighted by molar-refractivity contribution is 6.05. The highest BCUT2D eigenvalue weighted by Crippen LogP contribution is 2.25. The number of aromatic hydroxyl groups is 1. The molecule has 1 N–H and O–H groups in total. The third-order valence-corrected chi connectivity index (χ3v) is 3.04. The summed E-state index contributed by atoms with van der Waals surface area (Å²) in [5.74, 6) is -0.0967. The van der Waals surface area contributed by atoms with Gasteiger partial charge < -0.3 is 10.0 Å². The Kier molecular flexibility index (Phi) is 3.98. The molecule has 0 aliphatic heterocycles. The summed E-state index contributed by atoms with van der Waals surface area (Å²) >= 11 is 0. The quantitative estimate of drug-likeness (QED) is 0.931. The molecule has 1 heterocycles. The van der Waals surface area contributed by atoms with Crippen LogP contribution in [0.15, 0.2) is 30.6 Å². The molecule has 0 aliphatic carbocycles. The summed E-state index contributed by atoms with van der Waals surface area (Å²) in [5, 5.41) is 9.60. The topological polar surface area (TPSA) is 66.3 Å². The Morgan fingerprint density at radius 3 is 2.60 bits per heavy atom. The molecule has 0 aliphatic rings. The van der Waals surface area contributed by atoms with E-state index in [0.29, 0.717) is 17.9 Å². The molecule has 2 rings (SSSR count). The molecule has 0 bridgehead atoms. The van der Waals surface area contributed by atoms with Crippen molar-refractivity contribution in [1.82, 2.24) is 9.97 Å². The number of carbonyl (C=O) groups is 1. The first kappa shape index (κ1) is 14.0. The normalized spacial score (nSPS) is 10.3. The Morgan fingerprint density at radius 2 is 2.00 bits per heavy atom. The zero-order chi connectivity index (χ0) is 14.7. The van der Waals surface area contributed by atoms with E-state index in [1.807, 2.05) is 20.8 Å². The number of phenolic OH excluding ortho intramolecular Hbond substituents is 1. The largest absolute Gasteiger partial charge is 0.508 e. The number of aryl methyl sites for hydroxylation is 2. The van der Waals surface area contributed by atoms with Crippen LogP contribution >= 0.6 is 0 Å². The summed E-state index contributed by atoms with van der Waals surface area (Å²) in [4.78, 5) is 22.3. The average Bonchev–Trinajstić information content (AvgIpc) is 2.44. The average molecular weight is 271 g/mol. The number of aromatic nitrogens is 2. The number of nitrogens with zero attached hydrogens (tertiary/aromatic N) is 3. The van der Waals surface area contributed by atoms with Gasteiger partial charge in [0.15, 0.2) is 0 Å². The summed E-state index contributed by atoms with van der Waals surface area (Å²) in [6, 6.07) is 4.96. The third-order valence-electron chi connectivity index (χ3n) is 3.04. The van der Waals surface area contributed by atoms with Crippen LogP contribution in [0.3, 0.4) is 0 Å². The van der Waals surface area contributed by atoms with Crippen molar-refractivity contribution in [2.24, 2.45) is 0 Å². The van der Waals surface area contributed by atoms with E-state index < -0.39 is 0 Å². The van der Waals surface area contributed by atoms with E-state index in [-0.39, 0.29) is 11.7 Å². The van der Waals surface area contributed by atoms with E-state index in [1.54, 1.807) is 29.3 Å². The van der Waals surface area contributed by atoms with Crippen molar-refractivity contribution in [2.75, 3.05) is 11.4 Å². The minimum absolute atomic E-state index is 0.131. The molecule has 0 unspecified atom stereocenters. The van der Waals surface area contributed by atoms with Crippen molar-refractivity contribution >= 4 is 11.6 Å². The van der Waals surface area contributed by atoms with Gasteiger partial charge in [-0.1, -0.05) is 6.07 Å². The standard InChI is InChI=1S/C15H17N3O2/c1-4-18(14-7-12(19)6-5-10(14)2)15(20)13-9-16-11(3)8-17-13/h5-9,19H,4H2,1-3H3. The van der Waals surface area contributed by atoms with Gasteiger partial charge in [0.25, 0.3) is 5.91 Å². The zero-order valence-electron chi connectivity index (χ0n) is 11.8. The lowest BCUT2D eigenvalue weighted by atomic mass is 10.1. The molecule has 0 atom stereocenters. The van der Waals surface area contributed by atoms with E-state index in [2.05, 4.69) is 9.97 Å². The molecule has 0 saturated carbocycles. The van der Waals surface area contributed by atoms with Crippen LogP contribution in [-0.4, -0.2) is 27.5 Å². The number of hydrogen-bond acceptors (Lipinski definition) is 4. The highest BCUT2D eigenvalue weighted by atomic mass is 16.3. The van der Waals surface area contributed by atoms with Gasteiger partial charge in [0.1, 0.15) is 11.4 Å². The monoisotopic (exact) mass is 271 g/mol. The minimum atomic E-state index is -0.228. The maximum absolute atomic E-state index is 12.5. The Balaban J connectivity index is 2.39. The molecule has 5 nitrogen and oxygen atoms in total. The fourth-order valence-corrected chi connectivity index (χ4v) is 1.95. The van der Waals surface area contributed by atoms with Gasteiger partial charge >= 0.3 is 0 Å². The number of hydrogen-bond donors (Lipinski definition) is 1. The Morgan fingerprint density at radius 1 is 1.25 bits per heavy atom. The molecule has 2 aromatic rings. The molecule has 0 fully saturated rings. The number of amides is 1. The van der Waals surface area contributed by atoms with Crippen molar-refractivity contribution in [3.8, 4) is 5.75 Å². The first-order valence-corrected chi connectivity index (χ1v) is 6.43. The summed E-state index contributed by atoms with van der Waals surface area (Å²) in [7, 11) is 0. The fraction of sp³-hybridized carbons (Fsp3) is 0.267. The van der Waals surface area contributed by atoms with E-state index in [0.717, 1.165) is 11.3 Å². The second kappa shape index (κ2) is 5.69. The molecule has 1 amide bonds. The van der Waals surface area contributed by atoms with Gasteiger partial charge in [-0.2, -0.15) is 0 Å². The lowest BCUT2D eigenvalue weighted by Gasteiger charge is -2.22. The first-order valence-electron chi connectivity index (χ1n) is 6.43. The van der Waals surface area contributed by atoms with Crippen molar-refractivity contribution in [1.29, 1.82) is 0 Å². The molecule has 1 aromatic carbocycles. The summed E-state index contributed by atoms with van der Waals surface area (Å²) < 4.78 is 0. The lowest BCUT2D eigenvalue weighted by molar-refractivity contribution is 0.0983. The molecule has 0 saturated heterocycles. The summed E-state index contributed by atoms with van der Waals surface area (Å²) in [5.41, 5.74) is 2.65. The molecule has 5 heteroatoms. The molecule has 0 radical (unpaired) electrons. The molecule has 104 valence electrons. The predicted molar refractivity (Wildman–Crippen MR) is 77.0 cm³/mol. The second-order valence-corrected chi connectivity index (χ2v) is 4.56. The Hall–Kier alpha value is -2.43. The van der Waals surface area contributed by atoms with Crippen LogP contribution in [0.1, 0.15) is 28.7 Å². The smallest absolute Gasteiger partial charge is 0.278 e. The number of carbonyl (C=O) groups excluding carboxylic acids is 1. The van der Waals surface area contributed by atoms with Crippen molar-refractivity contribution in [3.05, 3.63) is 47.5 Å². The van der Waals surface area contributed by atoms with Gasteiger partial charge in [-0.05, 0) is 32.4 Å². The van der Waals surface area contributed by atoms with Crippen LogP contribution in [0.4, 0.5) is 5.69 Å². The summed E-state index contributed by atoms with van der Waals surface area (Å²) in [6.07, 6.45) is 3.04. The molecule has 20 heavy (non-hydrogen) atoms. The predicted octanol–water partition coefficient (Wildman–Crippen LogP) is 2.47. The third kappa shape index (κ3) is 2.77. The van der Waals surface area contributed by atoms with Gasteiger partial charge in [0.05, 0.1) is 17.6 Å². The number of benzene rings is 1. The molecule has 1 aromatic heterocycles. The minimum Gasteiger partial charge on any atom is -0.508 e. The van der Waals surface area contributed by atoms with E-state index in [4.69, 9.17) is 0 Å². The van der Waals surface area contributed by atoms with Crippen molar-refractivity contribution < 1.29 is 9.90 Å². The molecular formula is C15H17N3O2. The highest BCUT2D eigenvalue weighted by Gasteiger charge is 2.19. The maximum Gasteiger partial charge on any atom is 0.278 e. The summed E-state index contributed by atoms with van der Waals surface area (Å²) in [6.45, 7) is 6.07. The maximum atomic E-state index is 12.5. The SMILES string of the molecule is CCN(C(=O)c1cnc(C)cn1)c1cc(O)ccc1C. The molecule has 0 spiro atoms. The van der Waals surface area contributed by atoms with Gasteiger partial charge in [-0.15, -0.1) is 0 Å². The van der Waals surface area contributed by atoms with Crippen molar-refractivity contribution in [2.45, 2.75) is 20.8 Å². The Bertz CT molecular complexity index is 624. The van der Waals surface area contributed by atoms with Crippen LogP contribution in [0, 0.1) is 13.8 Å². The molecular weight excluding hydrogens is 254 g/mol. The van der Waals surface area contributed by atoms with Gasteiger partial charge in [0.2, 0.25) is 0 Å². The number of phenols is 1. The van der Waals surface area contributed by atoms with Crippen molar-refractivity contribution in [3.63, 3.8) is 0 Å². The van der Waals surface area contributed by atoms with Gasteiger partial charge in [-0.3, -0.25) is 9.78 Å². The van der Waals surface area contributed by atoms with E-state index in [9.17, 15) is 9.90 Å². The van der Waals surface area contributed by atoms with Crippen LogP contribution in [-0.2, 0) is 0 Å². The zero-order valence-corrected chi connectivity index (χ0v) is 11.8.